The zero-order valence-corrected chi connectivity index (χ0v) is 16.4. The monoisotopic (exact) mass is 400 g/mol. The number of nitrogens with two attached hydrogens (primary N) is 1. The molecule has 7 nitrogen and oxygen atoms in total. The third-order valence-corrected chi connectivity index (χ3v) is 4.61. The number of carbonyl (C=O) groups excluding carboxylic acids is 2. The van der Waals surface area contributed by atoms with E-state index in [0.29, 0.717) is 6.61 Å². The summed E-state index contributed by atoms with van der Waals surface area (Å²) in [6.45, 7) is 4.08. The summed E-state index contributed by atoms with van der Waals surface area (Å²) in [4.78, 5) is 24.2. The van der Waals surface area contributed by atoms with Crippen LogP contribution >= 0.6 is 11.3 Å². The molecule has 0 aliphatic carbocycles. The van der Waals surface area contributed by atoms with Crippen molar-refractivity contribution < 1.29 is 23.8 Å². The van der Waals surface area contributed by atoms with Crippen LogP contribution in [-0.2, 0) is 20.9 Å². The van der Waals surface area contributed by atoms with Crippen molar-refractivity contribution in [2.45, 2.75) is 20.5 Å². The number of carbonyl (C=O) groups is 2. The number of thiophene rings is 1. The number of anilines is 1. The van der Waals surface area contributed by atoms with E-state index in [0.717, 1.165) is 22.6 Å². The Labute approximate surface area is 166 Å². The molecular weight excluding hydrogens is 380 g/mol. The summed E-state index contributed by atoms with van der Waals surface area (Å²) < 4.78 is 15.5. The van der Waals surface area contributed by atoms with Crippen LogP contribution in [0.5, 0.6) is 5.75 Å². The maximum Gasteiger partial charge on any atom is 0.348 e. The van der Waals surface area contributed by atoms with Gasteiger partial charge in [-0.25, -0.2) is 9.59 Å². The van der Waals surface area contributed by atoms with E-state index >= 15 is 0 Å². The highest BCUT2D eigenvalue weighted by Gasteiger charge is 2.23. The largest absolute Gasteiger partial charge is 0.494 e. The summed E-state index contributed by atoms with van der Waals surface area (Å²) in [5.74, 6) is -0.471. The van der Waals surface area contributed by atoms with Gasteiger partial charge in [-0.15, -0.1) is 11.3 Å². The molecule has 2 rings (SSSR count). The third-order valence-electron chi connectivity index (χ3n) is 3.57. The number of esters is 2. The SMILES string of the molecule is CCOC(=O)c1sc(N)c(C#N)c1COC(=O)/C=C/c1ccc(OCC)cc1. The highest BCUT2D eigenvalue weighted by atomic mass is 32.1. The first kappa shape index (κ1) is 21.0. The maximum absolute atomic E-state index is 12.0. The van der Waals surface area contributed by atoms with E-state index in [1.165, 1.54) is 6.08 Å². The lowest BCUT2D eigenvalue weighted by molar-refractivity contribution is -0.138. The van der Waals surface area contributed by atoms with Gasteiger partial charge in [-0.1, -0.05) is 12.1 Å². The second kappa shape index (κ2) is 10.1. The fraction of sp³-hybridized carbons (Fsp3) is 0.250. The minimum atomic E-state index is -0.614. The van der Waals surface area contributed by atoms with Crippen LogP contribution in [0.4, 0.5) is 5.00 Å². The molecule has 0 radical (unpaired) electrons. The summed E-state index contributed by atoms with van der Waals surface area (Å²) in [5.41, 5.74) is 6.96. The molecule has 0 saturated heterocycles. The Bertz CT molecular complexity index is 910. The minimum absolute atomic E-state index is 0.122. The summed E-state index contributed by atoms with van der Waals surface area (Å²) in [6.07, 6.45) is 2.86. The topological polar surface area (TPSA) is 112 Å². The van der Waals surface area contributed by atoms with Crippen molar-refractivity contribution in [2.75, 3.05) is 18.9 Å². The summed E-state index contributed by atoms with van der Waals surface area (Å²) in [6, 6.07) is 9.15. The van der Waals surface area contributed by atoms with Gasteiger partial charge in [0, 0.05) is 11.6 Å². The number of nitriles is 1. The molecule has 1 aromatic heterocycles. The van der Waals surface area contributed by atoms with E-state index in [2.05, 4.69) is 0 Å². The van der Waals surface area contributed by atoms with E-state index in [4.69, 9.17) is 19.9 Å². The third kappa shape index (κ3) is 5.34. The maximum atomic E-state index is 12.0. The Morgan fingerprint density at radius 3 is 2.50 bits per heavy atom. The van der Waals surface area contributed by atoms with Gasteiger partial charge in [-0.3, -0.25) is 0 Å². The minimum Gasteiger partial charge on any atom is -0.494 e. The molecule has 0 aliphatic rings. The summed E-state index contributed by atoms with van der Waals surface area (Å²) in [7, 11) is 0. The van der Waals surface area contributed by atoms with Crippen LogP contribution < -0.4 is 10.5 Å². The van der Waals surface area contributed by atoms with E-state index in [1.807, 2.05) is 13.0 Å². The predicted octanol–water partition coefficient (Wildman–Crippen LogP) is 3.53. The molecule has 0 bridgehead atoms. The van der Waals surface area contributed by atoms with E-state index < -0.39 is 11.9 Å². The molecule has 0 fully saturated rings. The van der Waals surface area contributed by atoms with Gasteiger partial charge < -0.3 is 19.9 Å². The van der Waals surface area contributed by atoms with Gasteiger partial charge in [0.15, 0.2) is 0 Å². The molecule has 2 aromatic rings. The molecule has 0 spiro atoms. The number of rotatable bonds is 8. The Morgan fingerprint density at radius 1 is 1.18 bits per heavy atom. The highest BCUT2D eigenvalue weighted by molar-refractivity contribution is 7.18. The molecule has 0 amide bonds. The Balaban J connectivity index is 2.06. The van der Waals surface area contributed by atoms with Gasteiger partial charge >= 0.3 is 11.9 Å². The van der Waals surface area contributed by atoms with E-state index in [1.54, 1.807) is 37.3 Å². The zero-order chi connectivity index (χ0) is 20.5. The van der Waals surface area contributed by atoms with Crippen molar-refractivity contribution in [3.8, 4) is 11.8 Å². The van der Waals surface area contributed by atoms with Crippen LogP contribution in [0.25, 0.3) is 6.08 Å². The Morgan fingerprint density at radius 2 is 1.89 bits per heavy atom. The highest BCUT2D eigenvalue weighted by Crippen LogP contribution is 2.31. The second-order valence-corrected chi connectivity index (χ2v) is 6.48. The van der Waals surface area contributed by atoms with Gasteiger partial charge in [-0.05, 0) is 37.6 Å². The molecule has 0 saturated carbocycles. The van der Waals surface area contributed by atoms with Crippen molar-refractivity contribution in [3.05, 3.63) is 51.9 Å². The standard InChI is InChI=1S/C20H20N2O5S/c1-3-25-14-8-5-13(6-9-14)7-10-17(23)27-12-16-15(11-21)19(22)28-18(16)20(24)26-4-2/h5-10H,3-4,12,22H2,1-2H3/b10-7+. The van der Waals surface area contributed by atoms with Crippen molar-refractivity contribution in [1.82, 2.24) is 0 Å². The molecule has 0 atom stereocenters. The van der Waals surface area contributed by atoms with Gasteiger partial charge in [-0.2, -0.15) is 5.26 Å². The molecule has 0 aliphatic heterocycles. The number of ether oxygens (including phenoxy) is 3. The lowest BCUT2D eigenvalue weighted by Crippen LogP contribution is -2.08. The van der Waals surface area contributed by atoms with Crippen molar-refractivity contribution in [1.29, 1.82) is 5.26 Å². The zero-order valence-electron chi connectivity index (χ0n) is 15.6. The Hall–Kier alpha value is -3.31. The number of benzene rings is 1. The van der Waals surface area contributed by atoms with Gasteiger partial charge in [0.25, 0.3) is 0 Å². The van der Waals surface area contributed by atoms with Crippen molar-refractivity contribution in [3.63, 3.8) is 0 Å². The normalized spacial score (nSPS) is 10.5. The Kier molecular flexibility index (Phi) is 7.60. The number of hydrogen-bond acceptors (Lipinski definition) is 8. The number of nitrogens with zero attached hydrogens (tertiary/aromatic N) is 1. The van der Waals surface area contributed by atoms with Crippen molar-refractivity contribution >= 4 is 34.4 Å². The van der Waals surface area contributed by atoms with Crippen LogP contribution in [0.3, 0.4) is 0 Å². The summed E-state index contributed by atoms with van der Waals surface area (Å²) >= 11 is 0.940. The van der Waals surface area contributed by atoms with Crippen LogP contribution in [0.15, 0.2) is 30.3 Å². The van der Waals surface area contributed by atoms with Crippen LogP contribution in [0, 0.1) is 11.3 Å². The van der Waals surface area contributed by atoms with Crippen molar-refractivity contribution in [2.24, 2.45) is 0 Å². The number of hydrogen-bond donors (Lipinski definition) is 1. The molecule has 146 valence electrons. The molecule has 8 heteroatoms. The van der Waals surface area contributed by atoms with E-state index in [-0.39, 0.29) is 34.2 Å². The van der Waals surface area contributed by atoms with Gasteiger partial charge in [0.2, 0.25) is 0 Å². The van der Waals surface area contributed by atoms with Gasteiger partial charge in [0.1, 0.15) is 28.3 Å². The molecule has 1 aromatic carbocycles. The average Bonchev–Trinajstić information content (AvgIpc) is 3.01. The molecule has 28 heavy (non-hydrogen) atoms. The number of nitrogen functional groups attached to an aromatic ring is 1. The fourth-order valence-corrected chi connectivity index (χ4v) is 3.22. The molecular formula is C20H20N2O5S. The first-order valence-corrected chi connectivity index (χ1v) is 9.37. The van der Waals surface area contributed by atoms with Gasteiger partial charge in [0.05, 0.1) is 18.8 Å². The smallest absolute Gasteiger partial charge is 0.348 e. The lowest BCUT2D eigenvalue weighted by atomic mass is 10.1. The van der Waals surface area contributed by atoms with Crippen LogP contribution in [0.1, 0.15) is 40.2 Å². The fourth-order valence-electron chi connectivity index (χ4n) is 2.30. The van der Waals surface area contributed by atoms with Crippen LogP contribution in [-0.4, -0.2) is 25.2 Å². The first-order chi connectivity index (χ1) is 13.5. The molecule has 2 N–H and O–H groups in total. The van der Waals surface area contributed by atoms with E-state index in [9.17, 15) is 14.9 Å². The summed E-state index contributed by atoms with van der Waals surface area (Å²) in [5, 5.41) is 9.44. The van der Waals surface area contributed by atoms with Crippen LogP contribution in [0.2, 0.25) is 0 Å². The molecule has 0 unspecified atom stereocenters. The quantitative estimate of drug-likeness (QED) is 0.533. The average molecular weight is 400 g/mol. The first-order valence-electron chi connectivity index (χ1n) is 8.56. The second-order valence-electron chi connectivity index (χ2n) is 5.42. The molecule has 1 heterocycles. The lowest BCUT2D eigenvalue weighted by Gasteiger charge is -2.05. The predicted molar refractivity (Wildman–Crippen MR) is 106 cm³/mol.